The van der Waals surface area contributed by atoms with Crippen molar-refractivity contribution in [3.05, 3.63) is 28.8 Å². The van der Waals surface area contributed by atoms with E-state index in [0.29, 0.717) is 15.9 Å². The van der Waals surface area contributed by atoms with Gasteiger partial charge < -0.3 is 10.2 Å². The van der Waals surface area contributed by atoms with Crippen LogP contribution < -0.4 is 11.2 Å². The van der Waals surface area contributed by atoms with Crippen LogP contribution >= 0.6 is 11.8 Å². The van der Waals surface area contributed by atoms with Crippen molar-refractivity contribution in [3.8, 4) is 17.5 Å². The Hall–Kier alpha value is -2.40. The quantitative estimate of drug-likeness (QED) is 0.792. The van der Waals surface area contributed by atoms with Crippen molar-refractivity contribution in [3.63, 3.8) is 0 Å². The zero-order valence-electron chi connectivity index (χ0n) is 9.34. The molecule has 0 bridgehead atoms. The number of nitrogens with one attached hydrogen (secondary N) is 1. The third-order valence-corrected chi connectivity index (χ3v) is 3.47. The van der Waals surface area contributed by atoms with Crippen molar-refractivity contribution >= 4 is 11.8 Å². The molecular weight excluding hydrogens is 252 g/mol. The second kappa shape index (κ2) is 3.82. The molecule has 0 spiro atoms. The molecule has 1 aliphatic rings. The van der Waals surface area contributed by atoms with Gasteiger partial charge in [-0.1, -0.05) is 0 Å². The number of hydrogen-bond acceptors (Lipinski definition) is 7. The van der Waals surface area contributed by atoms with E-state index in [1.165, 1.54) is 11.8 Å². The minimum Gasteiger partial charge on any atom is -0.469 e. The standard InChI is InChI=1S/C10H8N6OS/c1-5-6(2-3-17-5)9-13-14-10-16(9)15-8(12)7(4-11)18-10/h2-3,15H,12H2,1H3. The van der Waals surface area contributed by atoms with Crippen molar-refractivity contribution in [2.45, 2.75) is 12.1 Å². The highest BCUT2D eigenvalue weighted by Crippen LogP contribution is 2.32. The van der Waals surface area contributed by atoms with Crippen LogP contribution in [0.2, 0.25) is 0 Å². The normalized spacial score (nSPS) is 14.0. The minimum atomic E-state index is 0.289. The fourth-order valence-electron chi connectivity index (χ4n) is 1.63. The lowest BCUT2D eigenvalue weighted by atomic mass is 10.2. The number of aryl methyl sites for hydroxylation is 1. The largest absolute Gasteiger partial charge is 0.469 e. The Kier molecular flexibility index (Phi) is 2.28. The predicted octanol–water partition coefficient (Wildman–Crippen LogP) is 1.15. The molecule has 0 atom stereocenters. The van der Waals surface area contributed by atoms with Gasteiger partial charge in [0.1, 0.15) is 22.6 Å². The molecule has 3 N–H and O–H groups in total. The van der Waals surface area contributed by atoms with E-state index in [4.69, 9.17) is 15.4 Å². The van der Waals surface area contributed by atoms with Crippen LogP contribution in [0.1, 0.15) is 5.76 Å². The van der Waals surface area contributed by atoms with Gasteiger partial charge in [-0.3, -0.25) is 5.43 Å². The highest BCUT2D eigenvalue weighted by molar-refractivity contribution is 8.03. The molecule has 0 radical (unpaired) electrons. The fraction of sp³-hybridized carbons (Fsp3) is 0.100. The lowest BCUT2D eigenvalue weighted by Crippen LogP contribution is -2.25. The Morgan fingerprint density at radius 1 is 1.56 bits per heavy atom. The second-order valence-electron chi connectivity index (χ2n) is 3.60. The van der Waals surface area contributed by atoms with Gasteiger partial charge in [0, 0.05) is 0 Å². The van der Waals surface area contributed by atoms with Crippen LogP contribution in [-0.2, 0) is 0 Å². The Morgan fingerprint density at radius 3 is 3.06 bits per heavy atom. The number of furan rings is 1. The average Bonchev–Trinajstić information content (AvgIpc) is 2.94. The third kappa shape index (κ3) is 1.45. The smallest absolute Gasteiger partial charge is 0.216 e. The van der Waals surface area contributed by atoms with Crippen LogP contribution in [0.25, 0.3) is 11.4 Å². The summed E-state index contributed by atoms with van der Waals surface area (Å²) >= 11 is 1.18. The van der Waals surface area contributed by atoms with E-state index in [9.17, 15) is 0 Å². The van der Waals surface area contributed by atoms with Crippen LogP contribution in [0.15, 0.2) is 32.6 Å². The summed E-state index contributed by atoms with van der Waals surface area (Å²) < 4.78 is 6.87. The number of thioether (sulfide) groups is 1. The summed E-state index contributed by atoms with van der Waals surface area (Å²) in [6.07, 6.45) is 1.59. The predicted molar refractivity (Wildman–Crippen MR) is 64.5 cm³/mol. The van der Waals surface area contributed by atoms with E-state index in [-0.39, 0.29) is 5.82 Å². The van der Waals surface area contributed by atoms with Crippen LogP contribution in [-0.4, -0.2) is 14.9 Å². The highest BCUT2D eigenvalue weighted by atomic mass is 32.2. The molecule has 2 aromatic rings. The molecule has 1 aliphatic heterocycles. The van der Waals surface area contributed by atoms with Crippen molar-refractivity contribution < 1.29 is 4.42 Å². The first-order chi connectivity index (χ1) is 8.70. The minimum absolute atomic E-state index is 0.289. The van der Waals surface area contributed by atoms with Gasteiger partial charge >= 0.3 is 0 Å². The van der Waals surface area contributed by atoms with Crippen molar-refractivity contribution in [1.29, 1.82) is 5.26 Å². The Bertz CT molecular complexity index is 692. The summed E-state index contributed by atoms with van der Waals surface area (Å²) in [5.41, 5.74) is 9.47. The third-order valence-electron chi connectivity index (χ3n) is 2.50. The fourth-order valence-corrected chi connectivity index (χ4v) is 2.32. The maximum Gasteiger partial charge on any atom is 0.216 e. The van der Waals surface area contributed by atoms with Gasteiger partial charge in [-0.15, -0.1) is 10.2 Å². The first-order valence-electron chi connectivity index (χ1n) is 5.05. The molecule has 3 heterocycles. The Morgan fingerprint density at radius 2 is 2.39 bits per heavy atom. The molecule has 18 heavy (non-hydrogen) atoms. The SMILES string of the molecule is Cc1occc1-c1nnc2n1NC(N)=C(C#N)S2. The molecule has 0 unspecified atom stereocenters. The maximum absolute atomic E-state index is 8.90. The van der Waals surface area contributed by atoms with E-state index < -0.39 is 0 Å². The lowest BCUT2D eigenvalue weighted by Gasteiger charge is -2.17. The molecule has 0 aliphatic carbocycles. The van der Waals surface area contributed by atoms with Crippen molar-refractivity contribution in [1.82, 2.24) is 14.9 Å². The van der Waals surface area contributed by atoms with Gasteiger partial charge in [0.25, 0.3) is 0 Å². The highest BCUT2D eigenvalue weighted by Gasteiger charge is 2.23. The lowest BCUT2D eigenvalue weighted by molar-refractivity contribution is 0.535. The number of nitriles is 1. The molecule has 2 aromatic heterocycles. The van der Waals surface area contributed by atoms with Crippen LogP contribution in [0.4, 0.5) is 0 Å². The number of hydrogen-bond donors (Lipinski definition) is 2. The van der Waals surface area contributed by atoms with Crippen LogP contribution in [0.3, 0.4) is 0 Å². The van der Waals surface area contributed by atoms with Crippen molar-refractivity contribution in [2.24, 2.45) is 5.73 Å². The topological polar surface area (TPSA) is 106 Å². The number of rotatable bonds is 1. The summed E-state index contributed by atoms with van der Waals surface area (Å²) in [4.78, 5) is 0.380. The van der Waals surface area contributed by atoms with Gasteiger partial charge in [0.05, 0.1) is 11.8 Å². The van der Waals surface area contributed by atoms with Crippen molar-refractivity contribution in [2.75, 3.05) is 5.43 Å². The van der Waals surface area contributed by atoms with E-state index in [1.54, 1.807) is 17.0 Å². The maximum atomic E-state index is 8.90. The van der Waals surface area contributed by atoms with Gasteiger partial charge in [0.15, 0.2) is 5.82 Å². The van der Waals surface area contributed by atoms with E-state index in [1.807, 2.05) is 13.0 Å². The first-order valence-corrected chi connectivity index (χ1v) is 5.87. The van der Waals surface area contributed by atoms with Gasteiger partial charge in [-0.2, -0.15) is 5.26 Å². The Labute approximate surface area is 106 Å². The zero-order chi connectivity index (χ0) is 12.7. The number of nitrogens with zero attached hydrogens (tertiary/aromatic N) is 4. The summed E-state index contributed by atoms with van der Waals surface area (Å²) in [6, 6.07) is 3.81. The van der Waals surface area contributed by atoms with Crippen LogP contribution in [0.5, 0.6) is 0 Å². The van der Waals surface area contributed by atoms with Gasteiger partial charge in [0.2, 0.25) is 5.16 Å². The van der Waals surface area contributed by atoms with Gasteiger partial charge in [-0.25, -0.2) is 4.68 Å². The molecular formula is C10H8N6OS. The average molecular weight is 260 g/mol. The molecule has 0 amide bonds. The van der Waals surface area contributed by atoms with Crippen LogP contribution in [0, 0.1) is 18.3 Å². The van der Waals surface area contributed by atoms with E-state index >= 15 is 0 Å². The van der Waals surface area contributed by atoms with Gasteiger partial charge in [-0.05, 0) is 24.8 Å². The summed E-state index contributed by atoms with van der Waals surface area (Å²) in [5.74, 6) is 1.63. The van der Waals surface area contributed by atoms with E-state index in [0.717, 1.165) is 11.3 Å². The molecule has 0 fully saturated rings. The molecule has 0 aromatic carbocycles. The summed E-state index contributed by atoms with van der Waals surface area (Å²) in [6.45, 7) is 1.84. The molecule has 8 heteroatoms. The zero-order valence-corrected chi connectivity index (χ0v) is 10.2. The molecule has 3 rings (SSSR count). The number of aromatic nitrogens is 3. The monoisotopic (exact) mass is 260 g/mol. The molecule has 0 saturated heterocycles. The second-order valence-corrected chi connectivity index (χ2v) is 4.58. The molecule has 7 nitrogen and oxygen atoms in total. The number of allylic oxidation sites excluding steroid dienone is 1. The molecule has 90 valence electrons. The Balaban J connectivity index is 2.09. The summed E-state index contributed by atoms with van der Waals surface area (Å²) in [5, 5.41) is 17.6. The molecule has 0 saturated carbocycles. The van der Waals surface area contributed by atoms with E-state index in [2.05, 4.69) is 15.6 Å². The summed E-state index contributed by atoms with van der Waals surface area (Å²) in [7, 11) is 0. The number of fused-ring (bicyclic) bond motifs is 1. The first kappa shape index (κ1) is 10.7. The number of nitrogens with two attached hydrogens (primary N) is 1.